The Morgan fingerprint density at radius 1 is 1.31 bits per heavy atom. The highest BCUT2D eigenvalue weighted by molar-refractivity contribution is 5.78. The normalized spacial score (nSPS) is 18.2. The van der Waals surface area contributed by atoms with Crippen molar-refractivity contribution < 1.29 is 4.79 Å². The van der Waals surface area contributed by atoms with Crippen molar-refractivity contribution in [2.45, 2.75) is 52.2 Å². The van der Waals surface area contributed by atoms with Gasteiger partial charge in [0.05, 0.1) is 12.5 Å². The van der Waals surface area contributed by atoms with Crippen molar-refractivity contribution in [2.24, 2.45) is 5.92 Å². The molecular formula is C20H29N5O. The van der Waals surface area contributed by atoms with Gasteiger partial charge < -0.3 is 14.8 Å². The van der Waals surface area contributed by atoms with Crippen molar-refractivity contribution >= 4 is 5.91 Å². The van der Waals surface area contributed by atoms with E-state index in [0.717, 1.165) is 44.7 Å². The van der Waals surface area contributed by atoms with Gasteiger partial charge in [-0.1, -0.05) is 30.3 Å². The summed E-state index contributed by atoms with van der Waals surface area (Å²) in [5, 5.41) is 11.3. The topological polar surface area (TPSA) is 63.1 Å². The Labute approximate surface area is 155 Å². The van der Waals surface area contributed by atoms with Crippen molar-refractivity contribution in [1.82, 2.24) is 25.0 Å². The van der Waals surface area contributed by atoms with E-state index in [-0.39, 0.29) is 11.8 Å². The molecule has 3 rings (SSSR count). The maximum Gasteiger partial charge on any atom is 0.224 e. The van der Waals surface area contributed by atoms with Crippen LogP contribution < -0.4 is 5.32 Å². The molecule has 0 bridgehead atoms. The van der Waals surface area contributed by atoms with Crippen LogP contribution in [0.2, 0.25) is 0 Å². The molecule has 6 nitrogen and oxygen atoms in total. The molecule has 1 N–H and O–H groups in total. The van der Waals surface area contributed by atoms with Crippen LogP contribution in [-0.4, -0.2) is 44.7 Å². The standard InChI is InChI=1S/C20H29N5O/c1-16(2)24-11-6-9-18(14-24)20(26)21-13-19-23-22-15-25(19)12-10-17-7-4-3-5-8-17/h3-5,7-8,15-16,18H,6,9-14H2,1-2H3,(H,21,26)/t18-/m1/s1. The maximum atomic E-state index is 12.6. The number of carbonyl (C=O) groups excluding carboxylic acids is 1. The summed E-state index contributed by atoms with van der Waals surface area (Å²) in [6.45, 7) is 7.57. The molecule has 2 heterocycles. The molecule has 1 aliphatic heterocycles. The summed E-state index contributed by atoms with van der Waals surface area (Å²) in [6.07, 6.45) is 4.72. The first-order valence-electron chi connectivity index (χ1n) is 9.56. The van der Waals surface area contributed by atoms with Gasteiger partial charge in [-0.25, -0.2) is 0 Å². The predicted octanol–water partition coefficient (Wildman–Crippen LogP) is 2.26. The van der Waals surface area contributed by atoms with Crippen LogP contribution in [0.15, 0.2) is 36.7 Å². The van der Waals surface area contributed by atoms with Gasteiger partial charge in [-0.3, -0.25) is 4.79 Å². The van der Waals surface area contributed by atoms with Crippen LogP contribution in [0, 0.1) is 5.92 Å². The zero-order chi connectivity index (χ0) is 18.4. The van der Waals surface area contributed by atoms with Gasteiger partial charge in [0.1, 0.15) is 6.33 Å². The fourth-order valence-corrected chi connectivity index (χ4v) is 3.50. The number of piperidine rings is 1. The number of likely N-dealkylation sites (tertiary alicyclic amines) is 1. The number of hydrogen-bond donors (Lipinski definition) is 1. The molecule has 0 radical (unpaired) electrons. The molecule has 26 heavy (non-hydrogen) atoms. The fraction of sp³-hybridized carbons (Fsp3) is 0.550. The second-order valence-electron chi connectivity index (χ2n) is 7.32. The number of nitrogens with zero attached hydrogens (tertiary/aromatic N) is 4. The van der Waals surface area contributed by atoms with Gasteiger partial charge in [0.25, 0.3) is 0 Å². The predicted molar refractivity (Wildman–Crippen MR) is 101 cm³/mol. The molecule has 1 aromatic heterocycles. The third-order valence-corrected chi connectivity index (χ3v) is 5.15. The van der Waals surface area contributed by atoms with Crippen LogP contribution in [0.1, 0.15) is 38.1 Å². The Morgan fingerprint density at radius 2 is 2.12 bits per heavy atom. The van der Waals surface area contributed by atoms with E-state index < -0.39 is 0 Å². The zero-order valence-corrected chi connectivity index (χ0v) is 15.8. The lowest BCUT2D eigenvalue weighted by Crippen LogP contribution is -2.45. The zero-order valence-electron chi connectivity index (χ0n) is 15.8. The summed E-state index contributed by atoms with van der Waals surface area (Å²) in [6, 6.07) is 10.9. The summed E-state index contributed by atoms with van der Waals surface area (Å²) < 4.78 is 2.02. The number of aryl methyl sites for hydroxylation is 2. The molecule has 0 saturated carbocycles. The van der Waals surface area contributed by atoms with E-state index in [0.29, 0.717) is 12.6 Å². The molecule has 1 saturated heterocycles. The van der Waals surface area contributed by atoms with E-state index in [1.807, 2.05) is 22.8 Å². The molecule has 140 valence electrons. The van der Waals surface area contributed by atoms with Crippen molar-refractivity contribution in [2.75, 3.05) is 13.1 Å². The van der Waals surface area contributed by atoms with Crippen LogP contribution >= 0.6 is 0 Å². The number of hydrogen-bond acceptors (Lipinski definition) is 4. The Morgan fingerprint density at radius 3 is 2.88 bits per heavy atom. The molecule has 1 fully saturated rings. The minimum absolute atomic E-state index is 0.0758. The molecule has 1 aromatic carbocycles. The Hall–Kier alpha value is -2.21. The van der Waals surface area contributed by atoms with Crippen LogP contribution in [0.3, 0.4) is 0 Å². The molecule has 1 aliphatic rings. The van der Waals surface area contributed by atoms with Crippen LogP contribution in [0.5, 0.6) is 0 Å². The van der Waals surface area contributed by atoms with Crippen molar-refractivity contribution in [3.8, 4) is 0 Å². The lowest BCUT2D eigenvalue weighted by Gasteiger charge is -2.34. The van der Waals surface area contributed by atoms with Gasteiger partial charge in [-0.2, -0.15) is 0 Å². The minimum Gasteiger partial charge on any atom is -0.349 e. The molecule has 1 amide bonds. The van der Waals surface area contributed by atoms with E-state index in [2.05, 4.69) is 46.4 Å². The van der Waals surface area contributed by atoms with E-state index in [4.69, 9.17) is 0 Å². The molecule has 0 unspecified atom stereocenters. The first-order chi connectivity index (χ1) is 12.6. The van der Waals surface area contributed by atoms with Gasteiger partial charge in [-0.15, -0.1) is 10.2 Å². The minimum atomic E-state index is 0.0758. The molecule has 2 aromatic rings. The monoisotopic (exact) mass is 355 g/mol. The van der Waals surface area contributed by atoms with Gasteiger partial charge in [-0.05, 0) is 45.2 Å². The molecule has 0 spiro atoms. The SMILES string of the molecule is CC(C)N1CCC[C@@H](C(=O)NCc2nncn2CCc2ccccc2)C1. The number of aromatic nitrogens is 3. The van der Waals surface area contributed by atoms with Crippen molar-refractivity contribution in [3.63, 3.8) is 0 Å². The van der Waals surface area contributed by atoms with Gasteiger partial charge >= 0.3 is 0 Å². The van der Waals surface area contributed by atoms with Crippen molar-refractivity contribution in [1.29, 1.82) is 0 Å². The number of rotatable bonds is 7. The first-order valence-corrected chi connectivity index (χ1v) is 9.56. The van der Waals surface area contributed by atoms with E-state index in [9.17, 15) is 4.79 Å². The second kappa shape index (κ2) is 8.94. The number of benzene rings is 1. The van der Waals surface area contributed by atoms with E-state index >= 15 is 0 Å². The number of carbonyl (C=O) groups is 1. The third kappa shape index (κ3) is 4.91. The highest BCUT2D eigenvalue weighted by Crippen LogP contribution is 2.18. The number of nitrogens with one attached hydrogen (secondary N) is 1. The molecule has 0 aliphatic carbocycles. The highest BCUT2D eigenvalue weighted by atomic mass is 16.1. The largest absolute Gasteiger partial charge is 0.349 e. The summed E-state index contributed by atoms with van der Waals surface area (Å²) in [7, 11) is 0. The molecular weight excluding hydrogens is 326 g/mol. The summed E-state index contributed by atoms with van der Waals surface area (Å²) in [4.78, 5) is 14.9. The molecule has 1 atom stereocenters. The second-order valence-corrected chi connectivity index (χ2v) is 7.32. The lowest BCUT2D eigenvalue weighted by molar-refractivity contribution is -0.127. The lowest BCUT2D eigenvalue weighted by atomic mass is 9.96. The Bertz CT molecular complexity index is 697. The summed E-state index contributed by atoms with van der Waals surface area (Å²) in [5.74, 6) is 1.02. The average Bonchev–Trinajstić information content (AvgIpc) is 3.12. The summed E-state index contributed by atoms with van der Waals surface area (Å²) in [5.41, 5.74) is 1.28. The maximum absolute atomic E-state index is 12.6. The van der Waals surface area contributed by atoms with Crippen LogP contribution in [0.25, 0.3) is 0 Å². The third-order valence-electron chi connectivity index (χ3n) is 5.15. The van der Waals surface area contributed by atoms with E-state index in [1.54, 1.807) is 6.33 Å². The quantitative estimate of drug-likeness (QED) is 0.827. The van der Waals surface area contributed by atoms with Crippen LogP contribution in [0.4, 0.5) is 0 Å². The van der Waals surface area contributed by atoms with Crippen molar-refractivity contribution in [3.05, 3.63) is 48.0 Å². The Kier molecular flexibility index (Phi) is 6.39. The van der Waals surface area contributed by atoms with Crippen LogP contribution in [-0.2, 0) is 24.3 Å². The van der Waals surface area contributed by atoms with E-state index in [1.165, 1.54) is 5.56 Å². The fourth-order valence-electron chi connectivity index (χ4n) is 3.50. The van der Waals surface area contributed by atoms with Gasteiger partial charge in [0.15, 0.2) is 5.82 Å². The summed E-state index contributed by atoms with van der Waals surface area (Å²) >= 11 is 0. The first kappa shape index (κ1) is 18.6. The Balaban J connectivity index is 1.50. The van der Waals surface area contributed by atoms with Gasteiger partial charge in [0.2, 0.25) is 5.91 Å². The average molecular weight is 355 g/mol. The smallest absolute Gasteiger partial charge is 0.224 e. The molecule has 6 heteroatoms. The van der Waals surface area contributed by atoms with Gasteiger partial charge in [0, 0.05) is 19.1 Å². The highest BCUT2D eigenvalue weighted by Gasteiger charge is 2.26. The number of amides is 1.